The zero-order valence-corrected chi connectivity index (χ0v) is 15.8. The number of likely N-dealkylation sites (tertiary alicyclic amines) is 2. The van der Waals surface area contributed by atoms with Gasteiger partial charge in [-0.25, -0.2) is 0 Å². The fourth-order valence-electron chi connectivity index (χ4n) is 4.12. The van der Waals surface area contributed by atoms with Crippen LogP contribution < -0.4 is 0 Å². The molecular formula is C22H30N2O2. The van der Waals surface area contributed by atoms with Crippen LogP contribution in [0.5, 0.6) is 0 Å². The van der Waals surface area contributed by atoms with Gasteiger partial charge in [0.05, 0.1) is 0 Å². The third-order valence-corrected chi connectivity index (χ3v) is 5.67. The summed E-state index contributed by atoms with van der Waals surface area (Å²) in [5.74, 6) is 1.14. The lowest BCUT2D eigenvalue weighted by atomic mass is 9.95. The monoisotopic (exact) mass is 354 g/mol. The fourth-order valence-corrected chi connectivity index (χ4v) is 4.12. The van der Waals surface area contributed by atoms with Crippen LogP contribution in [0, 0.1) is 11.8 Å². The summed E-state index contributed by atoms with van der Waals surface area (Å²) in [5.41, 5.74) is 1.03. The van der Waals surface area contributed by atoms with E-state index >= 15 is 0 Å². The molecule has 0 aliphatic carbocycles. The minimum Gasteiger partial charge on any atom is -0.342 e. The predicted octanol–water partition coefficient (Wildman–Crippen LogP) is 3.59. The number of amides is 2. The van der Waals surface area contributed by atoms with Crippen molar-refractivity contribution < 1.29 is 9.59 Å². The van der Waals surface area contributed by atoms with Gasteiger partial charge in [0.2, 0.25) is 11.8 Å². The zero-order chi connectivity index (χ0) is 18.4. The Kier molecular flexibility index (Phi) is 6.48. The van der Waals surface area contributed by atoms with Crippen molar-refractivity contribution in [2.45, 2.75) is 39.0 Å². The molecule has 0 bridgehead atoms. The molecule has 4 nitrogen and oxygen atoms in total. The van der Waals surface area contributed by atoms with E-state index in [4.69, 9.17) is 0 Å². The van der Waals surface area contributed by atoms with Crippen molar-refractivity contribution in [3.05, 3.63) is 42.0 Å². The van der Waals surface area contributed by atoms with Gasteiger partial charge < -0.3 is 9.80 Å². The molecule has 1 aromatic rings. The molecule has 2 aliphatic rings. The van der Waals surface area contributed by atoms with E-state index in [1.54, 1.807) is 6.08 Å². The van der Waals surface area contributed by atoms with Gasteiger partial charge >= 0.3 is 0 Å². The second kappa shape index (κ2) is 9.02. The first-order valence-electron chi connectivity index (χ1n) is 9.98. The van der Waals surface area contributed by atoms with E-state index in [9.17, 15) is 9.59 Å². The molecule has 26 heavy (non-hydrogen) atoms. The number of benzene rings is 1. The number of carbonyl (C=O) groups excluding carboxylic acids is 2. The van der Waals surface area contributed by atoms with Crippen LogP contribution in [-0.4, -0.2) is 47.8 Å². The molecule has 1 aromatic carbocycles. The summed E-state index contributed by atoms with van der Waals surface area (Å²) >= 11 is 0. The largest absolute Gasteiger partial charge is 0.342 e. The van der Waals surface area contributed by atoms with Crippen LogP contribution in [0.25, 0.3) is 6.08 Å². The minimum absolute atomic E-state index is 0.0453. The maximum atomic E-state index is 12.7. The lowest BCUT2D eigenvalue weighted by Gasteiger charge is -2.32. The van der Waals surface area contributed by atoms with Gasteiger partial charge in [0.1, 0.15) is 0 Å². The van der Waals surface area contributed by atoms with Gasteiger partial charge in [0.25, 0.3) is 0 Å². The Bertz CT molecular complexity index is 633. The first-order valence-corrected chi connectivity index (χ1v) is 9.98. The fraction of sp³-hybridized carbons (Fsp3) is 0.545. The Balaban J connectivity index is 1.46. The normalized spacial score (nSPS) is 21.5. The summed E-state index contributed by atoms with van der Waals surface area (Å²) in [6.45, 7) is 5.43. The molecule has 0 N–H and O–H groups in total. The Morgan fingerprint density at radius 3 is 2.42 bits per heavy atom. The van der Waals surface area contributed by atoms with Crippen molar-refractivity contribution in [1.29, 1.82) is 0 Å². The topological polar surface area (TPSA) is 40.6 Å². The molecule has 1 unspecified atom stereocenters. The van der Waals surface area contributed by atoms with Crippen molar-refractivity contribution in [2.75, 3.05) is 26.2 Å². The van der Waals surface area contributed by atoms with Crippen LogP contribution in [-0.2, 0) is 9.59 Å². The van der Waals surface area contributed by atoms with Crippen molar-refractivity contribution in [2.24, 2.45) is 11.8 Å². The molecule has 2 fully saturated rings. The van der Waals surface area contributed by atoms with E-state index in [0.717, 1.165) is 37.9 Å². The van der Waals surface area contributed by atoms with Crippen LogP contribution in [0.4, 0.5) is 0 Å². The lowest BCUT2D eigenvalue weighted by molar-refractivity contribution is -0.138. The van der Waals surface area contributed by atoms with Gasteiger partial charge in [0.15, 0.2) is 0 Å². The third-order valence-electron chi connectivity index (χ3n) is 5.67. The summed E-state index contributed by atoms with van der Waals surface area (Å²) in [4.78, 5) is 29.0. The second-order valence-electron chi connectivity index (χ2n) is 7.57. The van der Waals surface area contributed by atoms with Gasteiger partial charge in [-0.2, -0.15) is 0 Å². The summed E-state index contributed by atoms with van der Waals surface area (Å²) in [7, 11) is 0. The maximum absolute atomic E-state index is 12.7. The van der Waals surface area contributed by atoms with E-state index in [0.29, 0.717) is 24.9 Å². The molecule has 0 saturated carbocycles. The van der Waals surface area contributed by atoms with Crippen LogP contribution in [0.1, 0.15) is 44.6 Å². The quantitative estimate of drug-likeness (QED) is 0.758. The Morgan fingerprint density at radius 2 is 1.73 bits per heavy atom. The number of carbonyl (C=O) groups is 2. The molecule has 2 saturated heterocycles. The number of piperidine rings is 1. The number of hydrogen-bond acceptors (Lipinski definition) is 2. The number of hydrogen-bond donors (Lipinski definition) is 0. The molecule has 2 amide bonds. The maximum Gasteiger partial charge on any atom is 0.246 e. The van der Waals surface area contributed by atoms with Crippen LogP contribution in [0.3, 0.4) is 0 Å². The van der Waals surface area contributed by atoms with Crippen molar-refractivity contribution in [3.63, 3.8) is 0 Å². The molecule has 0 aromatic heterocycles. The highest BCUT2D eigenvalue weighted by Gasteiger charge is 2.33. The number of nitrogens with zero attached hydrogens (tertiary/aromatic N) is 2. The SMILES string of the molecule is CCCC1CCN(C(=O)C2CCN(C(=O)C=Cc3ccccc3)CC2)C1. The Morgan fingerprint density at radius 1 is 1.04 bits per heavy atom. The van der Waals surface area contributed by atoms with Crippen LogP contribution >= 0.6 is 0 Å². The molecule has 2 aliphatic heterocycles. The van der Waals surface area contributed by atoms with Crippen molar-refractivity contribution in [1.82, 2.24) is 9.80 Å². The highest BCUT2D eigenvalue weighted by molar-refractivity contribution is 5.92. The summed E-state index contributed by atoms with van der Waals surface area (Å²) in [6, 6.07) is 9.86. The second-order valence-corrected chi connectivity index (χ2v) is 7.57. The van der Waals surface area contributed by atoms with E-state index in [2.05, 4.69) is 11.8 Å². The van der Waals surface area contributed by atoms with Crippen molar-refractivity contribution >= 4 is 17.9 Å². The molecule has 1 atom stereocenters. The average molecular weight is 354 g/mol. The van der Waals surface area contributed by atoms with Crippen molar-refractivity contribution in [3.8, 4) is 0 Å². The summed E-state index contributed by atoms with van der Waals surface area (Å²) in [6.07, 6.45) is 8.66. The predicted molar refractivity (Wildman–Crippen MR) is 104 cm³/mol. The molecule has 3 rings (SSSR count). The first kappa shape index (κ1) is 18.7. The standard InChI is InChI=1S/C22H30N2O2/c1-2-6-19-11-14-24(17-19)22(26)20-12-15-23(16-13-20)21(25)10-9-18-7-4-3-5-8-18/h3-5,7-10,19-20H,2,6,11-17H2,1H3. The third kappa shape index (κ3) is 4.75. The smallest absolute Gasteiger partial charge is 0.246 e. The van der Waals surface area contributed by atoms with Crippen LogP contribution in [0.2, 0.25) is 0 Å². The van der Waals surface area contributed by atoms with Gasteiger partial charge in [0, 0.05) is 38.2 Å². The highest BCUT2D eigenvalue weighted by Crippen LogP contribution is 2.26. The summed E-state index contributed by atoms with van der Waals surface area (Å²) in [5, 5.41) is 0. The molecular weight excluding hydrogens is 324 g/mol. The van der Waals surface area contributed by atoms with E-state index < -0.39 is 0 Å². The molecule has 4 heteroatoms. The summed E-state index contributed by atoms with van der Waals surface area (Å²) < 4.78 is 0. The molecule has 2 heterocycles. The van der Waals surface area contributed by atoms with Gasteiger partial charge in [-0.15, -0.1) is 0 Å². The lowest BCUT2D eigenvalue weighted by Crippen LogP contribution is -2.43. The minimum atomic E-state index is 0.0453. The van der Waals surface area contributed by atoms with Gasteiger partial charge in [-0.1, -0.05) is 43.7 Å². The Labute approximate surface area is 156 Å². The van der Waals surface area contributed by atoms with E-state index in [1.165, 1.54) is 12.8 Å². The number of rotatable bonds is 5. The average Bonchev–Trinajstić information content (AvgIpc) is 3.15. The Hall–Kier alpha value is -2.10. The van der Waals surface area contributed by atoms with E-state index in [-0.39, 0.29) is 11.8 Å². The first-order chi connectivity index (χ1) is 12.7. The van der Waals surface area contributed by atoms with Gasteiger partial charge in [-0.05, 0) is 43.2 Å². The highest BCUT2D eigenvalue weighted by atomic mass is 16.2. The van der Waals surface area contributed by atoms with Crippen LogP contribution in [0.15, 0.2) is 36.4 Å². The van der Waals surface area contributed by atoms with Gasteiger partial charge in [-0.3, -0.25) is 9.59 Å². The molecule has 140 valence electrons. The molecule has 0 spiro atoms. The van der Waals surface area contributed by atoms with E-state index in [1.807, 2.05) is 41.3 Å². The molecule has 0 radical (unpaired) electrons. The zero-order valence-electron chi connectivity index (χ0n) is 15.8.